The number of rotatable bonds is 4. The van der Waals surface area contributed by atoms with Gasteiger partial charge in [0.1, 0.15) is 5.75 Å². The normalized spacial score (nSPS) is 17.7. The van der Waals surface area contributed by atoms with E-state index in [0.717, 1.165) is 23.7 Å². The second-order valence-corrected chi connectivity index (χ2v) is 7.31. The van der Waals surface area contributed by atoms with Gasteiger partial charge in [0.15, 0.2) is 6.10 Å². The van der Waals surface area contributed by atoms with Gasteiger partial charge in [-0.15, -0.1) is 0 Å². The summed E-state index contributed by atoms with van der Waals surface area (Å²) in [5.74, 6) is 0.377. The first-order valence-electron chi connectivity index (χ1n) is 8.04. The molecule has 2 aromatic rings. The predicted molar refractivity (Wildman–Crippen MR) is 99.5 cm³/mol. The van der Waals surface area contributed by atoms with Gasteiger partial charge in [-0.3, -0.25) is 4.79 Å². The molecule has 0 bridgehead atoms. The number of halogens is 2. The van der Waals surface area contributed by atoms with Crippen molar-refractivity contribution < 1.29 is 9.53 Å². The fraction of sp³-hybridized carbons (Fsp3) is 0.316. The predicted octanol–water partition coefficient (Wildman–Crippen LogP) is 5.06. The number of benzene rings is 2. The molecule has 2 atom stereocenters. The Kier molecular flexibility index (Phi) is 5.47. The highest BCUT2D eigenvalue weighted by Gasteiger charge is 2.24. The lowest BCUT2D eigenvalue weighted by atomic mass is 9.87. The van der Waals surface area contributed by atoms with Crippen LogP contribution < -0.4 is 10.1 Å². The molecule has 0 radical (unpaired) electrons. The average Bonchev–Trinajstić information content (AvgIpc) is 2.57. The number of hydrogen-bond acceptors (Lipinski definition) is 2. The van der Waals surface area contributed by atoms with E-state index in [4.69, 9.17) is 16.3 Å². The summed E-state index contributed by atoms with van der Waals surface area (Å²) in [6.45, 7) is 1.74. The van der Waals surface area contributed by atoms with E-state index >= 15 is 0 Å². The van der Waals surface area contributed by atoms with E-state index in [0.29, 0.717) is 10.8 Å². The molecule has 0 heterocycles. The lowest BCUT2D eigenvalue weighted by molar-refractivity contribution is -0.128. The molecule has 0 aromatic heterocycles. The van der Waals surface area contributed by atoms with Crippen LogP contribution in [-0.2, 0) is 11.2 Å². The largest absolute Gasteiger partial charge is 0.479 e. The van der Waals surface area contributed by atoms with Gasteiger partial charge in [0.05, 0.1) is 11.1 Å². The molecule has 3 nitrogen and oxygen atoms in total. The maximum Gasteiger partial charge on any atom is 0.261 e. The molecule has 1 aliphatic rings. The first kappa shape index (κ1) is 17.3. The van der Waals surface area contributed by atoms with Crippen LogP contribution in [0.3, 0.4) is 0 Å². The third-order valence-corrected chi connectivity index (χ3v) is 5.04. The minimum atomic E-state index is -0.613. The van der Waals surface area contributed by atoms with E-state index in [1.54, 1.807) is 19.1 Å². The Bertz CT molecular complexity index is 750. The van der Waals surface area contributed by atoms with Crippen molar-refractivity contribution in [2.45, 2.75) is 38.3 Å². The van der Waals surface area contributed by atoms with Crippen LogP contribution in [0.5, 0.6) is 5.75 Å². The van der Waals surface area contributed by atoms with Gasteiger partial charge in [-0.1, -0.05) is 51.8 Å². The molecule has 1 amide bonds. The summed E-state index contributed by atoms with van der Waals surface area (Å²) in [5.41, 5.74) is 2.53. The van der Waals surface area contributed by atoms with Gasteiger partial charge in [0, 0.05) is 4.47 Å². The molecule has 0 fully saturated rings. The van der Waals surface area contributed by atoms with Crippen molar-refractivity contribution in [3.05, 3.63) is 63.1 Å². The quantitative estimate of drug-likeness (QED) is 0.767. The number of ether oxygens (including phenoxy) is 1. The molecular formula is C19H19BrClNO2. The monoisotopic (exact) mass is 407 g/mol. The van der Waals surface area contributed by atoms with Crippen LogP contribution in [0.25, 0.3) is 0 Å². The molecule has 24 heavy (non-hydrogen) atoms. The van der Waals surface area contributed by atoms with Gasteiger partial charge in [-0.05, 0) is 55.5 Å². The van der Waals surface area contributed by atoms with E-state index in [1.807, 2.05) is 18.2 Å². The Morgan fingerprint density at radius 1 is 1.33 bits per heavy atom. The molecule has 0 unspecified atom stereocenters. The number of hydrogen-bond donors (Lipinski definition) is 1. The van der Waals surface area contributed by atoms with Crippen LogP contribution in [0.4, 0.5) is 0 Å². The zero-order chi connectivity index (χ0) is 17.1. The third-order valence-electron chi connectivity index (χ3n) is 4.25. The Morgan fingerprint density at radius 3 is 2.92 bits per heavy atom. The van der Waals surface area contributed by atoms with Crippen LogP contribution >= 0.6 is 27.5 Å². The lowest BCUT2D eigenvalue weighted by Crippen LogP contribution is -2.39. The van der Waals surface area contributed by atoms with Gasteiger partial charge in [-0.2, -0.15) is 0 Å². The topological polar surface area (TPSA) is 38.3 Å². The number of nitrogens with one attached hydrogen (secondary N) is 1. The zero-order valence-corrected chi connectivity index (χ0v) is 15.7. The first-order chi connectivity index (χ1) is 11.5. The smallest absolute Gasteiger partial charge is 0.261 e. The molecule has 3 rings (SSSR count). The maximum absolute atomic E-state index is 12.5. The van der Waals surface area contributed by atoms with E-state index in [2.05, 4.69) is 33.4 Å². The van der Waals surface area contributed by atoms with Crippen molar-refractivity contribution >= 4 is 33.4 Å². The van der Waals surface area contributed by atoms with Crippen molar-refractivity contribution in [2.24, 2.45) is 0 Å². The highest BCUT2D eigenvalue weighted by Crippen LogP contribution is 2.31. The highest BCUT2D eigenvalue weighted by molar-refractivity contribution is 9.10. The molecular weight excluding hydrogens is 390 g/mol. The van der Waals surface area contributed by atoms with Crippen LogP contribution in [-0.4, -0.2) is 12.0 Å². The van der Waals surface area contributed by atoms with E-state index in [1.165, 1.54) is 11.1 Å². The molecule has 0 aliphatic heterocycles. The van der Waals surface area contributed by atoms with E-state index in [-0.39, 0.29) is 11.9 Å². The molecule has 5 heteroatoms. The Hall–Kier alpha value is -1.52. The summed E-state index contributed by atoms with van der Waals surface area (Å²) in [5, 5.41) is 3.59. The Labute approximate surface area is 155 Å². The SMILES string of the molecule is C[C@H](Oc1ccc(Br)cc1Cl)C(=O)N[C@H]1CCCc2ccccc21. The standard InChI is InChI=1S/C19H19BrClNO2/c1-12(24-18-10-9-14(20)11-16(18)21)19(23)22-17-8-4-6-13-5-2-3-7-15(13)17/h2-3,5,7,9-12,17H,4,6,8H2,1H3,(H,22,23)/t12-,17-/m0/s1. The van der Waals surface area contributed by atoms with Crippen LogP contribution in [0.2, 0.25) is 5.02 Å². The number of carbonyl (C=O) groups is 1. The van der Waals surface area contributed by atoms with Gasteiger partial charge >= 0.3 is 0 Å². The minimum Gasteiger partial charge on any atom is -0.479 e. The van der Waals surface area contributed by atoms with Gasteiger partial charge in [0.2, 0.25) is 0 Å². The van der Waals surface area contributed by atoms with Crippen molar-refractivity contribution in [1.29, 1.82) is 0 Å². The van der Waals surface area contributed by atoms with Crippen molar-refractivity contribution in [1.82, 2.24) is 5.32 Å². The summed E-state index contributed by atoms with van der Waals surface area (Å²) in [7, 11) is 0. The van der Waals surface area contributed by atoms with Crippen LogP contribution in [0.15, 0.2) is 46.9 Å². The molecule has 2 aromatic carbocycles. The highest BCUT2D eigenvalue weighted by atomic mass is 79.9. The maximum atomic E-state index is 12.5. The molecule has 126 valence electrons. The van der Waals surface area contributed by atoms with Crippen LogP contribution in [0.1, 0.15) is 36.9 Å². The Morgan fingerprint density at radius 2 is 2.12 bits per heavy atom. The summed E-state index contributed by atoms with van der Waals surface area (Å²) in [4.78, 5) is 12.5. The van der Waals surface area contributed by atoms with Gasteiger partial charge in [-0.25, -0.2) is 0 Å². The fourth-order valence-electron chi connectivity index (χ4n) is 3.01. The second-order valence-electron chi connectivity index (χ2n) is 5.99. The molecule has 0 saturated heterocycles. The van der Waals surface area contributed by atoms with Crippen molar-refractivity contribution in [3.63, 3.8) is 0 Å². The van der Waals surface area contributed by atoms with Crippen molar-refractivity contribution in [3.8, 4) is 5.75 Å². The minimum absolute atomic E-state index is 0.0499. The number of carbonyl (C=O) groups excluding carboxylic acids is 1. The molecule has 1 aliphatic carbocycles. The van der Waals surface area contributed by atoms with Gasteiger partial charge in [0.25, 0.3) is 5.91 Å². The number of aryl methyl sites for hydroxylation is 1. The second kappa shape index (κ2) is 7.58. The summed E-state index contributed by atoms with van der Waals surface area (Å²) >= 11 is 9.50. The number of fused-ring (bicyclic) bond motifs is 1. The summed E-state index contributed by atoms with van der Waals surface area (Å²) < 4.78 is 6.60. The first-order valence-corrected chi connectivity index (χ1v) is 9.21. The molecule has 1 N–H and O–H groups in total. The van der Waals surface area contributed by atoms with Crippen LogP contribution in [0, 0.1) is 0 Å². The zero-order valence-electron chi connectivity index (χ0n) is 13.4. The van der Waals surface area contributed by atoms with Gasteiger partial charge < -0.3 is 10.1 Å². The number of amides is 1. The third kappa shape index (κ3) is 3.93. The summed E-state index contributed by atoms with van der Waals surface area (Å²) in [6.07, 6.45) is 2.49. The fourth-order valence-corrected chi connectivity index (χ4v) is 3.73. The summed E-state index contributed by atoms with van der Waals surface area (Å²) in [6, 6.07) is 13.7. The lowest BCUT2D eigenvalue weighted by Gasteiger charge is -2.27. The van der Waals surface area contributed by atoms with E-state index < -0.39 is 6.10 Å². The molecule has 0 saturated carbocycles. The Balaban J connectivity index is 1.67. The average molecular weight is 409 g/mol. The molecule has 0 spiro atoms. The van der Waals surface area contributed by atoms with Crippen molar-refractivity contribution in [2.75, 3.05) is 0 Å². The van der Waals surface area contributed by atoms with E-state index in [9.17, 15) is 4.79 Å².